The second kappa shape index (κ2) is 13.3. The molecule has 0 atom stereocenters. The number of amidine groups is 2. The molecule has 2 aliphatic rings. The molecule has 3 heterocycles. The minimum atomic E-state index is 0.772. The van der Waals surface area contributed by atoms with Gasteiger partial charge in [-0.1, -0.05) is 60.7 Å². The van der Waals surface area contributed by atoms with Crippen molar-refractivity contribution in [2.24, 2.45) is 9.98 Å². The van der Waals surface area contributed by atoms with Gasteiger partial charge in [-0.15, -0.1) is 0 Å². The van der Waals surface area contributed by atoms with Crippen LogP contribution in [0.25, 0.3) is 11.1 Å². The first-order chi connectivity index (χ1) is 23.2. The number of nitrogens with zero attached hydrogens (tertiary/aromatic N) is 2. The zero-order valence-electron chi connectivity index (χ0n) is 26.1. The molecule has 0 fully saturated rings. The highest BCUT2D eigenvalue weighted by Crippen LogP contribution is 2.35. The third-order valence-corrected chi connectivity index (χ3v) is 7.87. The largest absolute Gasteiger partial charge is 0.497 e. The molecular weight excluding hydrogens is 582 g/mol. The second-order valence-electron chi connectivity index (χ2n) is 10.9. The van der Waals surface area contributed by atoms with Crippen molar-refractivity contribution in [2.75, 3.05) is 24.9 Å². The van der Waals surface area contributed by atoms with Crippen LogP contribution < -0.4 is 20.1 Å². The Kier molecular flexibility index (Phi) is 8.34. The summed E-state index contributed by atoms with van der Waals surface area (Å²) in [5.41, 5.74) is 9.45. The first-order valence-corrected chi connectivity index (χ1v) is 15.3. The molecule has 0 amide bonds. The molecule has 0 saturated carbocycles. The number of benzene rings is 4. The van der Waals surface area contributed by atoms with Crippen LogP contribution in [0.1, 0.15) is 22.5 Å². The Balaban J connectivity index is 1.31. The number of hydrogen-bond acceptors (Lipinski definition) is 6. The molecule has 7 heteroatoms. The molecule has 0 spiro atoms. The van der Waals surface area contributed by atoms with Crippen molar-refractivity contribution in [3.8, 4) is 11.5 Å². The summed E-state index contributed by atoms with van der Waals surface area (Å²) in [4.78, 5) is 13.7. The standard InChI is InChI=1S/C40H33N5O2/c1-46-31-17-13-27(14-18-31)39(35-23-25-37(44-35)41-29-9-5-3-6-10-29)33-21-22-34(43-33)40(28-15-19-32(47-2)20-16-28)36-24-26-38(45-36)42-30-11-7-4-8-12-30/h3-26,43H,1-2H3,(H,41,44)(H,42,45)/b39-35-,40-36-. The number of rotatable bonds is 8. The van der Waals surface area contributed by atoms with Crippen molar-refractivity contribution in [1.82, 2.24) is 4.98 Å². The van der Waals surface area contributed by atoms with Crippen molar-refractivity contribution >= 4 is 34.2 Å². The van der Waals surface area contributed by atoms with Gasteiger partial charge in [0, 0.05) is 33.9 Å². The van der Waals surface area contributed by atoms with Gasteiger partial charge in [0.15, 0.2) is 0 Å². The van der Waals surface area contributed by atoms with Crippen LogP contribution in [0.3, 0.4) is 0 Å². The maximum Gasteiger partial charge on any atom is 0.131 e. The molecule has 3 N–H and O–H groups in total. The summed E-state index contributed by atoms with van der Waals surface area (Å²) in [6.07, 6.45) is 8.08. The summed E-state index contributed by atoms with van der Waals surface area (Å²) in [6, 6.07) is 40.4. The molecule has 4 aromatic carbocycles. The summed E-state index contributed by atoms with van der Waals surface area (Å²) >= 11 is 0. The van der Waals surface area contributed by atoms with Gasteiger partial charge in [-0.3, -0.25) is 0 Å². The molecule has 47 heavy (non-hydrogen) atoms. The van der Waals surface area contributed by atoms with Crippen LogP contribution in [0.5, 0.6) is 11.5 Å². The summed E-state index contributed by atoms with van der Waals surface area (Å²) in [5.74, 6) is 3.13. The predicted molar refractivity (Wildman–Crippen MR) is 192 cm³/mol. The molecule has 0 saturated heterocycles. The van der Waals surface area contributed by atoms with Crippen LogP contribution in [0.2, 0.25) is 0 Å². The van der Waals surface area contributed by atoms with E-state index in [0.29, 0.717) is 0 Å². The van der Waals surface area contributed by atoms with Gasteiger partial charge >= 0.3 is 0 Å². The molecule has 7 rings (SSSR count). The highest BCUT2D eigenvalue weighted by molar-refractivity contribution is 6.09. The third kappa shape index (κ3) is 6.55. The van der Waals surface area contributed by atoms with E-state index in [9.17, 15) is 0 Å². The number of aromatic amines is 1. The van der Waals surface area contributed by atoms with Crippen LogP contribution >= 0.6 is 0 Å². The number of para-hydroxylation sites is 2. The van der Waals surface area contributed by atoms with Crippen molar-refractivity contribution in [1.29, 1.82) is 0 Å². The number of H-pyrrole nitrogens is 1. The second-order valence-corrected chi connectivity index (χ2v) is 10.9. The SMILES string of the molecule is COc1ccc(/C(=C2\C=CC(Nc3ccccc3)=N2)c2ccc(/C(=C3/C=CC(Nc4ccccc4)=N3)c3ccc(OC)cc3)[nH]2)cc1. The molecule has 0 aliphatic carbocycles. The van der Waals surface area contributed by atoms with E-state index in [1.807, 2.05) is 109 Å². The lowest BCUT2D eigenvalue weighted by atomic mass is 10.0. The molecular formula is C40H33N5O2. The maximum atomic E-state index is 5.45. The number of aliphatic imine (C=N–C) groups is 2. The lowest BCUT2D eigenvalue weighted by Crippen LogP contribution is -2.06. The van der Waals surface area contributed by atoms with Gasteiger partial charge in [-0.05, 0) is 96.1 Å². The van der Waals surface area contributed by atoms with E-state index in [4.69, 9.17) is 19.5 Å². The highest BCUT2D eigenvalue weighted by Gasteiger charge is 2.20. The number of hydrogen-bond donors (Lipinski definition) is 3. The van der Waals surface area contributed by atoms with Crippen LogP contribution in [-0.4, -0.2) is 30.9 Å². The van der Waals surface area contributed by atoms with Gasteiger partial charge in [0.2, 0.25) is 0 Å². The quantitative estimate of drug-likeness (QED) is 0.163. The third-order valence-electron chi connectivity index (χ3n) is 7.87. The van der Waals surface area contributed by atoms with Crippen molar-refractivity contribution in [2.45, 2.75) is 0 Å². The first kappa shape index (κ1) is 29.4. The average molecular weight is 616 g/mol. The smallest absolute Gasteiger partial charge is 0.131 e. The predicted octanol–water partition coefficient (Wildman–Crippen LogP) is 8.71. The van der Waals surface area contributed by atoms with Gasteiger partial charge < -0.3 is 25.1 Å². The van der Waals surface area contributed by atoms with Gasteiger partial charge in [-0.2, -0.15) is 0 Å². The van der Waals surface area contributed by atoms with Crippen LogP contribution in [0, 0.1) is 0 Å². The zero-order chi connectivity index (χ0) is 32.0. The van der Waals surface area contributed by atoms with E-state index in [1.165, 1.54) is 0 Å². The molecule has 7 nitrogen and oxygen atoms in total. The Morgan fingerprint density at radius 3 is 1.28 bits per heavy atom. The Labute approximate surface area is 274 Å². The number of allylic oxidation sites excluding steroid dienone is 2. The van der Waals surface area contributed by atoms with Gasteiger partial charge in [0.1, 0.15) is 23.2 Å². The molecule has 5 aromatic rings. The summed E-state index contributed by atoms with van der Waals surface area (Å²) < 4.78 is 10.9. The van der Waals surface area contributed by atoms with E-state index < -0.39 is 0 Å². The molecule has 0 radical (unpaired) electrons. The maximum absolute atomic E-state index is 5.45. The topological polar surface area (TPSA) is 83.0 Å². The number of aromatic nitrogens is 1. The Hall–Kier alpha value is -6.34. The molecule has 0 bridgehead atoms. The molecule has 1 aromatic heterocycles. The van der Waals surface area contributed by atoms with Crippen molar-refractivity contribution in [3.05, 3.63) is 180 Å². The van der Waals surface area contributed by atoms with E-state index in [-0.39, 0.29) is 0 Å². The van der Waals surface area contributed by atoms with E-state index in [2.05, 4.69) is 52.0 Å². The lowest BCUT2D eigenvalue weighted by Gasteiger charge is -2.12. The zero-order valence-corrected chi connectivity index (χ0v) is 26.1. The van der Waals surface area contributed by atoms with Crippen LogP contribution in [0.4, 0.5) is 11.4 Å². The summed E-state index contributed by atoms with van der Waals surface area (Å²) in [5, 5.41) is 6.83. The van der Waals surface area contributed by atoms with Crippen LogP contribution in [0.15, 0.2) is 167 Å². The Morgan fingerprint density at radius 2 is 0.894 bits per heavy atom. The fourth-order valence-electron chi connectivity index (χ4n) is 5.57. The van der Waals surface area contributed by atoms with E-state index in [0.717, 1.165) is 79.6 Å². The highest BCUT2D eigenvalue weighted by atomic mass is 16.5. The minimum Gasteiger partial charge on any atom is -0.497 e. The van der Waals surface area contributed by atoms with Crippen molar-refractivity contribution < 1.29 is 9.47 Å². The average Bonchev–Trinajstić information content (AvgIpc) is 3.90. The lowest BCUT2D eigenvalue weighted by molar-refractivity contribution is 0.414. The van der Waals surface area contributed by atoms with E-state index >= 15 is 0 Å². The number of anilines is 2. The fourth-order valence-corrected chi connectivity index (χ4v) is 5.57. The minimum absolute atomic E-state index is 0.772. The summed E-state index contributed by atoms with van der Waals surface area (Å²) in [7, 11) is 3.35. The monoisotopic (exact) mass is 615 g/mol. The molecule has 2 aliphatic heterocycles. The normalized spacial score (nSPS) is 15.6. The van der Waals surface area contributed by atoms with Crippen molar-refractivity contribution in [3.63, 3.8) is 0 Å². The van der Waals surface area contributed by atoms with E-state index in [1.54, 1.807) is 14.2 Å². The fraction of sp³-hybridized carbons (Fsp3) is 0.0500. The van der Waals surface area contributed by atoms with Gasteiger partial charge in [0.25, 0.3) is 0 Å². The first-order valence-electron chi connectivity index (χ1n) is 15.3. The van der Waals surface area contributed by atoms with Gasteiger partial charge in [0.05, 0.1) is 25.6 Å². The summed E-state index contributed by atoms with van der Waals surface area (Å²) in [6.45, 7) is 0. The number of nitrogens with one attached hydrogen (secondary N) is 3. The Bertz CT molecular complexity index is 1920. The molecule has 230 valence electrons. The van der Waals surface area contributed by atoms with Gasteiger partial charge in [-0.25, -0.2) is 9.98 Å². The Morgan fingerprint density at radius 1 is 0.489 bits per heavy atom. The molecule has 0 unspecified atom stereocenters. The number of methoxy groups -OCH3 is 2. The van der Waals surface area contributed by atoms with Crippen LogP contribution in [-0.2, 0) is 0 Å². The number of ether oxygens (including phenoxy) is 2.